The van der Waals surface area contributed by atoms with E-state index in [1.165, 1.54) is 16.8 Å². The number of nitrogens with zero attached hydrogens (tertiary/aromatic N) is 7. The number of carboxylic acid groups (broad SMARTS) is 1. The van der Waals surface area contributed by atoms with Crippen molar-refractivity contribution in [2.24, 2.45) is 20.5 Å². The Bertz CT molecular complexity index is 2190. The molecule has 0 amide bonds. The van der Waals surface area contributed by atoms with Crippen molar-refractivity contribution >= 4 is 55.9 Å². The van der Waals surface area contributed by atoms with E-state index < -0.39 is 43.2 Å². The first-order chi connectivity index (χ1) is 22.7. The SMILES string of the molecule is Cc1nn(-c2ccccc2)c([O-])c1N=Nc1ccccc1C(=O)[O-].[Cr+3].[NH-]c1cc([NH-])c(S(=O)(=O)O)cc1N=Nc1cc([N+](=O)[O-])ccc1O. The molecule has 0 fully saturated rings. The monoisotopic (exact) mass is 723 g/mol. The first-order valence-electron chi connectivity index (χ1n) is 13.2. The third-order valence-electron chi connectivity index (χ3n) is 6.18. The van der Waals surface area contributed by atoms with E-state index in [2.05, 4.69) is 25.6 Å². The summed E-state index contributed by atoms with van der Waals surface area (Å²) < 4.78 is 32.6. The Morgan fingerprint density at radius 2 is 1.49 bits per heavy atom. The predicted octanol–water partition coefficient (Wildman–Crippen LogP) is 6.36. The van der Waals surface area contributed by atoms with Crippen LogP contribution in [0.25, 0.3) is 17.2 Å². The van der Waals surface area contributed by atoms with E-state index in [9.17, 15) is 38.6 Å². The van der Waals surface area contributed by atoms with E-state index in [-0.39, 0.29) is 57.0 Å². The molecule has 0 aliphatic rings. The van der Waals surface area contributed by atoms with Crippen LogP contribution in [0.1, 0.15) is 16.1 Å². The van der Waals surface area contributed by atoms with E-state index in [1.54, 1.807) is 43.3 Å². The molecule has 49 heavy (non-hydrogen) atoms. The summed E-state index contributed by atoms with van der Waals surface area (Å²) in [6.07, 6.45) is 0. The van der Waals surface area contributed by atoms with Crippen LogP contribution in [0.3, 0.4) is 0 Å². The number of phenols is 1. The molecule has 0 saturated heterocycles. The number of hydrogen-bond acceptors (Lipinski definition) is 13. The summed E-state index contributed by atoms with van der Waals surface area (Å²) in [5, 5.41) is 62.9. The number of phenolic OH excluding ortho intramolecular Hbond substituents is 1. The van der Waals surface area contributed by atoms with Crippen molar-refractivity contribution in [1.82, 2.24) is 9.78 Å². The van der Waals surface area contributed by atoms with Gasteiger partial charge in [0.25, 0.3) is 15.8 Å². The van der Waals surface area contributed by atoms with Gasteiger partial charge in [-0.15, -0.1) is 26.7 Å². The second-order valence-electron chi connectivity index (χ2n) is 9.46. The van der Waals surface area contributed by atoms with Crippen LogP contribution in [-0.4, -0.2) is 38.8 Å². The number of carbonyl (C=O) groups is 1. The van der Waals surface area contributed by atoms with Gasteiger partial charge in [-0.3, -0.25) is 14.7 Å². The molecular formula is C29H21CrN9O9S-. The van der Waals surface area contributed by atoms with E-state index in [0.717, 1.165) is 30.3 Å². The Morgan fingerprint density at radius 1 is 0.878 bits per heavy atom. The Morgan fingerprint density at radius 3 is 2.12 bits per heavy atom. The van der Waals surface area contributed by atoms with Crippen molar-refractivity contribution in [2.75, 3.05) is 0 Å². The number of aryl methyl sites for hydroxylation is 1. The molecule has 4 N–H and O–H groups in total. The first kappa shape index (κ1) is 37.3. The Hall–Kier alpha value is -6.20. The fraction of sp³-hybridized carbons (Fsp3) is 0.0345. The second kappa shape index (κ2) is 15.6. The van der Waals surface area contributed by atoms with Crippen molar-refractivity contribution in [1.29, 1.82) is 0 Å². The summed E-state index contributed by atoms with van der Waals surface area (Å²) in [4.78, 5) is 20.3. The van der Waals surface area contributed by atoms with Crippen molar-refractivity contribution in [3.8, 4) is 17.3 Å². The van der Waals surface area contributed by atoms with Gasteiger partial charge in [0.1, 0.15) is 17.1 Å². The second-order valence-corrected chi connectivity index (χ2v) is 10.9. The molecule has 1 radical (unpaired) electrons. The molecule has 0 unspecified atom stereocenters. The van der Waals surface area contributed by atoms with Gasteiger partial charge >= 0.3 is 17.4 Å². The summed E-state index contributed by atoms with van der Waals surface area (Å²) in [6.45, 7) is 1.64. The fourth-order valence-electron chi connectivity index (χ4n) is 3.87. The predicted molar refractivity (Wildman–Crippen MR) is 166 cm³/mol. The smallest absolute Gasteiger partial charge is 0.857 e. The number of para-hydroxylation sites is 1. The first-order valence-corrected chi connectivity index (χ1v) is 14.6. The van der Waals surface area contributed by atoms with Gasteiger partial charge in [-0.1, -0.05) is 42.5 Å². The van der Waals surface area contributed by atoms with Crippen molar-refractivity contribution in [3.63, 3.8) is 0 Å². The summed E-state index contributed by atoms with van der Waals surface area (Å²) in [5.74, 6) is -2.19. The number of aromatic carboxylic acids is 1. The number of carbonyl (C=O) groups excluding carboxylic acids is 1. The maximum absolute atomic E-state index is 12.4. The minimum Gasteiger partial charge on any atom is -0.857 e. The maximum atomic E-state index is 12.4. The van der Waals surface area contributed by atoms with Crippen LogP contribution in [0, 0.1) is 17.0 Å². The number of nitrogens with one attached hydrogen (secondary N) is 2. The van der Waals surface area contributed by atoms with Crippen molar-refractivity contribution in [3.05, 3.63) is 118 Å². The van der Waals surface area contributed by atoms with Gasteiger partial charge in [0.05, 0.1) is 38.5 Å². The van der Waals surface area contributed by atoms with Crippen LogP contribution in [0.4, 0.5) is 39.8 Å². The zero-order valence-corrected chi connectivity index (χ0v) is 26.9. The number of hydrogen-bond donors (Lipinski definition) is 2. The number of nitro benzene ring substituents is 1. The zero-order chi connectivity index (χ0) is 35.2. The number of azo groups is 2. The van der Waals surface area contributed by atoms with E-state index in [1.807, 2.05) is 6.07 Å². The molecule has 0 saturated carbocycles. The molecule has 249 valence electrons. The Balaban J connectivity index is 0.000000260. The van der Waals surface area contributed by atoms with E-state index in [4.69, 9.17) is 16.0 Å². The molecule has 0 atom stereocenters. The quantitative estimate of drug-likeness (QED) is 0.0772. The molecule has 0 aliphatic heterocycles. The van der Waals surface area contributed by atoms with Gasteiger partial charge in [0.15, 0.2) is 0 Å². The summed E-state index contributed by atoms with van der Waals surface area (Å²) >= 11 is 0. The van der Waals surface area contributed by atoms with Crippen LogP contribution in [0.15, 0.2) is 110 Å². The molecule has 5 aromatic rings. The average molecular weight is 724 g/mol. The van der Waals surface area contributed by atoms with Crippen LogP contribution < -0.4 is 10.2 Å². The van der Waals surface area contributed by atoms with Gasteiger partial charge in [0.2, 0.25) is 0 Å². The third-order valence-corrected chi connectivity index (χ3v) is 7.07. The van der Waals surface area contributed by atoms with E-state index in [0.29, 0.717) is 11.4 Å². The number of aromatic hydroxyl groups is 1. The third kappa shape index (κ3) is 9.00. The van der Waals surface area contributed by atoms with Gasteiger partial charge < -0.3 is 31.6 Å². The molecule has 5 rings (SSSR count). The van der Waals surface area contributed by atoms with E-state index >= 15 is 0 Å². The van der Waals surface area contributed by atoms with Crippen LogP contribution in [-0.2, 0) is 27.5 Å². The molecular weight excluding hydrogens is 702 g/mol. The standard InChI is InChI=1S/C17H14N4O3.C12H9N5O6S.Cr/c1-11-15(16(22)21(20-11)12-7-3-2-4-8-12)19-18-14-10-6-5-9-13(14)17(23)24;13-7-4-8(14)12(24(21,22)23)5-9(7)15-16-10-3-6(17(19)20)1-2-11(10)18;/h2-10,22H,1H3,(H,23,24);1-5H,(H4-2,13,14,15,16,18,21,22,23);/q;-2;+3/p-2. The number of non-ortho nitro benzene ring substituents is 1. The van der Waals surface area contributed by atoms with Gasteiger partial charge in [-0.2, -0.15) is 18.6 Å². The number of nitro groups is 1. The average Bonchev–Trinajstić information content (AvgIpc) is 3.32. The number of rotatable bonds is 8. The molecule has 1 heterocycles. The minimum absolute atomic E-state index is 0. The number of aromatic nitrogens is 2. The molecule has 4 aromatic carbocycles. The molecule has 0 spiro atoms. The number of benzene rings is 4. The van der Waals surface area contributed by atoms with Gasteiger partial charge in [-0.25, -0.2) is 4.68 Å². The maximum Gasteiger partial charge on any atom is 3.00 e. The number of carboxylic acids is 1. The largest absolute Gasteiger partial charge is 3.00 e. The summed E-state index contributed by atoms with van der Waals surface area (Å²) in [5.41, 5.74) is 14.2. The van der Waals surface area contributed by atoms with Gasteiger partial charge in [0, 0.05) is 23.6 Å². The molecule has 20 heteroatoms. The van der Waals surface area contributed by atoms with Gasteiger partial charge in [-0.05, 0) is 37.3 Å². The van der Waals surface area contributed by atoms with Crippen molar-refractivity contribution in [2.45, 2.75) is 11.8 Å². The normalized spacial score (nSPS) is 11.1. The summed E-state index contributed by atoms with van der Waals surface area (Å²) in [7, 11) is -4.69. The summed E-state index contributed by atoms with van der Waals surface area (Å²) in [6, 6.07) is 19.6. The molecule has 1 aromatic heterocycles. The molecule has 0 bridgehead atoms. The minimum atomic E-state index is -4.69. The molecule has 18 nitrogen and oxygen atoms in total. The zero-order valence-electron chi connectivity index (χ0n) is 24.8. The van der Waals surface area contributed by atoms with Crippen LogP contribution in [0.5, 0.6) is 11.6 Å². The van der Waals surface area contributed by atoms with Crippen molar-refractivity contribution < 1.29 is 55.4 Å². The van der Waals surface area contributed by atoms with Crippen LogP contribution in [0.2, 0.25) is 0 Å². The van der Waals surface area contributed by atoms with Crippen LogP contribution >= 0.6 is 0 Å². The Labute approximate surface area is 287 Å². The molecule has 0 aliphatic carbocycles. The Kier molecular flexibility index (Phi) is 11.9. The topological polar surface area (TPSA) is 296 Å². The fourth-order valence-corrected chi connectivity index (χ4v) is 4.47.